The quantitative estimate of drug-likeness (QED) is 0.603. The molecule has 0 radical (unpaired) electrons. The Bertz CT molecular complexity index is 1180. The number of urea groups is 1. The minimum absolute atomic E-state index is 0.0796. The minimum atomic E-state index is -0.535. The molecule has 0 spiro atoms. The lowest BCUT2D eigenvalue weighted by Gasteiger charge is -2.32. The van der Waals surface area contributed by atoms with E-state index in [1.165, 1.54) is 11.8 Å². The van der Waals surface area contributed by atoms with Gasteiger partial charge < -0.3 is 15.5 Å². The summed E-state index contributed by atoms with van der Waals surface area (Å²) in [6, 6.07) is 13.9. The number of aromatic nitrogens is 4. The second-order valence-corrected chi connectivity index (χ2v) is 8.38. The molecule has 2 unspecified atom stereocenters. The van der Waals surface area contributed by atoms with E-state index in [4.69, 9.17) is 5.26 Å². The maximum Gasteiger partial charge on any atom is 0.318 e. The number of nitriles is 1. The Hall–Kier alpha value is -3.93. The van der Waals surface area contributed by atoms with Gasteiger partial charge in [0.1, 0.15) is 11.9 Å². The van der Waals surface area contributed by atoms with Crippen LogP contribution in [0.2, 0.25) is 0 Å². The van der Waals surface area contributed by atoms with E-state index in [0.717, 1.165) is 17.7 Å². The zero-order valence-corrected chi connectivity index (χ0v) is 17.3. The Kier molecular flexibility index (Phi) is 4.36. The van der Waals surface area contributed by atoms with Crippen LogP contribution in [0.25, 0.3) is 0 Å². The molecule has 5 rings (SSSR count). The second kappa shape index (κ2) is 7.09. The maximum atomic E-state index is 13.1. The van der Waals surface area contributed by atoms with Gasteiger partial charge in [-0.15, -0.1) is 0 Å². The van der Waals surface area contributed by atoms with Gasteiger partial charge in [0.15, 0.2) is 5.82 Å². The van der Waals surface area contributed by atoms with Gasteiger partial charge in [-0.05, 0) is 31.9 Å². The third-order valence-corrected chi connectivity index (χ3v) is 6.04. The smallest absolute Gasteiger partial charge is 0.318 e. The Morgan fingerprint density at radius 3 is 2.87 bits per heavy atom. The number of nitrogens with zero attached hydrogens (tertiary/aromatic N) is 5. The lowest BCUT2D eigenvalue weighted by Crippen LogP contribution is -2.47. The fourth-order valence-corrected chi connectivity index (χ4v) is 4.21. The van der Waals surface area contributed by atoms with E-state index in [0.29, 0.717) is 24.1 Å². The zero-order valence-electron chi connectivity index (χ0n) is 17.3. The van der Waals surface area contributed by atoms with Gasteiger partial charge in [0.2, 0.25) is 5.82 Å². The SMILES string of the molecule is CC1(C)c2[nH]nc(Nc3ccnc(C#N)n3)c2CN1C(=O)NC1CC1c1ccccc1. The molecule has 3 heterocycles. The number of aromatic amines is 1. The van der Waals surface area contributed by atoms with Crippen LogP contribution in [0.3, 0.4) is 0 Å². The second-order valence-electron chi connectivity index (χ2n) is 8.38. The van der Waals surface area contributed by atoms with E-state index in [1.807, 2.05) is 43.0 Å². The Balaban J connectivity index is 1.30. The zero-order chi connectivity index (χ0) is 21.6. The van der Waals surface area contributed by atoms with Gasteiger partial charge in [0.05, 0.1) is 17.8 Å². The van der Waals surface area contributed by atoms with Gasteiger partial charge in [-0.3, -0.25) is 5.10 Å². The number of carbonyl (C=O) groups excluding carboxylic acids is 1. The van der Waals surface area contributed by atoms with Crippen LogP contribution in [-0.4, -0.2) is 37.1 Å². The number of carbonyl (C=O) groups is 1. The molecule has 0 bridgehead atoms. The van der Waals surface area contributed by atoms with Gasteiger partial charge >= 0.3 is 6.03 Å². The van der Waals surface area contributed by atoms with E-state index in [2.05, 4.69) is 42.9 Å². The lowest BCUT2D eigenvalue weighted by atomic mass is 10.0. The van der Waals surface area contributed by atoms with Gasteiger partial charge in [-0.1, -0.05) is 30.3 Å². The predicted molar refractivity (Wildman–Crippen MR) is 113 cm³/mol. The maximum absolute atomic E-state index is 13.1. The van der Waals surface area contributed by atoms with E-state index in [9.17, 15) is 4.79 Å². The average molecular weight is 414 g/mol. The summed E-state index contributed by atoms with van der Waals surface area (Å²) in [6.45, 7) is 4.42. The molecule has 2 aliphatic rings. The van der Waals surface area contributed by atoms with Crippen LogP contribution in [0.4, 0.5) is 16.4 Å². The molecule has 31 heavy (non-hydrogen) atoms. The first-order valence-corrected chi connectivity index (χ1v) is 10.2. The monoisotopic (exact) mass is 414 g/mol. The molecule has 2 amide bonds. The van der Waals surface area contributed by atoms with E-state index < -0.39 is 5.54 Å². The van der Waals surface area contributed by atoms with Crippen LogP contribution in [0.15, 0.2) is 42.6 Å². The molecule has 0 saturated heterocycles. The average Bonchev–Trinajstić information content (AvgIpc) is 3.33. The fourth-order valence-electron chi connectivity index (χ4n) is 4.21. The Morgan fingerprint density at radius 2 is 2.10 bits per heavy atom. The highest BCUT2D eigenvalue weighted by Gasteiger charge is 2.46. The van der Waals surface area contributed by atoms with E-state index in [1.54, 1.807) is 6.07 Å². The van der Waals surface area contributed by atoms with E-state index in [-0.39, 0.29) is 17.9 Å². The van der Waals surface area contributed by atoms with Crippen molar-refractivity contribution in [1.29, 1.82) is 5.26 Å². The number of rotatable bonds is 4. The van der Waals surface area contributed by atoms with Crippen molar-refractivity contribution in [2.75, 3.05) is 5.32 Å². The minimum Gasteiger partial charge on any atom is -0.335 e. The van der Waals surface area contributed by atoms with Gasteiger partial charge in [0.25, 0.3) is 0 Å². The summed E-state index contributed by atoms with van der Waals surface area (Å²) in [5.74, 6) is 1.52. The number of amides is 2. The number of anilines is 2. The van der Waals surface area contributed by atoms with Crippen molar-refractivity contribution in [3.05, 3.63) is 65.2 Å². The molecule has 2 aromatic heterocycles. The molecule has 2 atom stereocenters. The Labute approximate surface area is 179 Å². The van der Waals surface area contributed by atoms with Gasteiger partial charge in [-0.25, -0.2) is 14.8 Å². The summed E-state index contributed by atoms with van der Waals surface area (Å²) >= 11 is 0. The fraction of sp³-hybridized carbons (Fsp3) is 0.318. The summed E-state index contributed by atoms with van der Waals surface area (Å²) in [5.41, 5.74) is 2.52. The van der Waals surface area contributed by atoms with Crippen molar-refractivity contribution < 1.29 is 4.79 Å². The van der Waals surface area contributed by atoms with Crippen LogP contribution >= 0.6 is 0 Å². The normalized spacial score (nSPS) is 20.6. The van der Waals surface area contributed by atoms with Gasteiger partial charge in [-0.2, -0.15) is 10.4 Å². The van der Waals surface area contributed by atoms with Crippen molar-refractivity contribution in [2.45, 2.75) is 44.3 Å². The molecule has 9 nitrogen and oxygen atoms in total. The molecular formula is C22H22N8O. The van der Waals surface area contributed by atoms with Crippen LogP contribution in [-0.2, 0) is 12.1 Å². The number of nitrogens with one attached hydrogen (secondary N) is 3. The van der Waals surface area contributed by atoms with Crippen molar-refractivity contribution in [1.82, 2.24) is 30.4 Å². The van der Waals surface area contributed by atoms with Crippen LogP contribution in [0, 0.1) is 11.3 Å². The molecule has 156 valence electrons. The highest BCUT2D eigenvalue weighted by Crippen LogP contribution is 2.43. The lowest BCUT2D eigenvalue weighted by molar-refractivity contribution is 0.142. The Morgan fingerprint density at radius 1 is 1.29 bits per heavy atom. The third kappa shape index (κ3) is 3.36. The van der Waals surface area contributed by atoms with Gasteiger partial charge in [0, 0.05) is 23.7 Å². The molecule has 1 fully saturated rings. The van der Waals surface area contributed by atoms with Crippen LogP contribution in [0.1, 0.15) is 48.8 Å². The van der Waals surface area contributed by atoms with Crippen molar-refractivity contribution in [3.63, 3.8) is 0 Å². The van der Waals surface area contributed by atoms with Crippen LogP contribution < -0.4 is 10.6 Å². The largest absolute Gasteiger partial charge is 0.335 e. The number of benzene rings is 1. The summed E-state index contributed by atoms with van der Waals surface area (Å²) in [6.07, 6.45) is 2.47. The highest BCUT2D eigenvalue weighted by atomic mass is 16.2. The van der Waals surface area contributed by atoms with Crippen molar-refractivity contribution in [3.8, 4) is 6.07 Å². The third-order valence-electron chi connectivity index (χ3n) is 6.04. The molecule has 1 aliphatic carbocycles. The van der Waals surface area contributed by atoms with Crippen molar-refractivity contribution in [2.24, 2.45) is 0 Å². The molecular weight excluding hydrogens is 392 g/mol. The predicted octanol–water partition coefficient (Wildman–Crippen LogP) is 3.13. The first-order chi connectivity index (χ1) is 15.0. The number of H-pyrrole nitrogens is 1. The first-order valence-electron chi connectivity index (χ1n) is 10.2. The summed E-state index contributed by atoms with van der Waals surface area (Å²) in [4.78, 5) is 22.9. The molecule has 1 aromatic carbocycles. The number of fused-ring (bicyclic) bond motifs is 1. The first kappa shape index (κ1) is 19.1. The molecule has 9 heteroatoms. The standard InChI is InChI=1S/C22H22N8O/c1-22(2)19-15(20(29-28-19)27-17-8-9-24-18(11-23)26-17)12-30(22)21(31)25-16-10-14(16)13-6-4-3-5-7-13/h3-9,14,16H,10,12H2,1-2H3,(H,25,31)(H2,24,26,27,28,29). The topological polar surface area (TPSA) is 123 Å². The highest BCUT2D eigenvalue weighted by molar-refractivity contribution is 5.78. The van der Waals surface area contributed by atoms with Crippen LogP contribution in [0.5, 0.6) is 0 Å². The summed E-state index contributed by atoms with van der Waals surface area (Å²) in [5, 5.41) is 22.8. The molecule has 1 aliphatic heterocycles. The summed E-state index contributed by atoms with van der Waals surface area (Å²) < 4.78 is 0. The molecule has 1 saturated carbocycles. The molecule has 3 N–H and O–H groups in total. The van der Waals surface area contributed by atoms with E-state index >= 15 is 0 Å². The van der Waals surface area contributed by atoms with Crippen molar-refractivity contribution >= 4 is 17.7 Å². The number of hydrogen-bond acceptors (Lipinski definition) is 6. The number of hydrogen-bond donors (Lipinski definition) is 3. The molecule has 3 aromatic rings. The summed E-state index contributed by atoms with van der Waals surface area (Å²) in [7, 11) is 0.